The zero-order chi connectivity index (χ0) is 14.4. The fourth-order valence-corrected chi connectivity index (χ4v) is 1.53. The Bertz CT molecular complexity index is 475. The molecule has 7 nitrogen and oxygen atoms in total. The molecule has 1 aromatic rings. The lowest BCUT2D eigenvalue weighted by Gasteiger charge is -2.16. The van der Waals surface area contributed by atoms with E-state index in [1.54, 1.807) is 19.9 Å². The van der Waals surface area contributed by atoms with Gasteiger partial charge in [0.25, 0.3) is 5.69 Å². The summed E-state index contributed by atoms with van der Waals surface area (Å²) in [6.07, 6.45) is 0. The quantitative estimate of drug-likeness (QED) is 0.482. The predicted molar refractivity (Wildman–Crippen MR) is 69.4 cm³/mol. The second-order valence-corrected chi connectivity index (χ2v) is 3.73. The fourth-order valence-electron chi connectivity index (χ4n) is 1.53. The molecule has 1 rings (SSSR count). The Kier molecular flexibility index (Phi) is 5.11. The molecule has 0 unspecified atom stereocenters. The van der Waals surface area contributed by atoms with E-state index in [9.17, 15) is 14.9 Å². The number of esters is 1. The van der Waals surface area contributed by atoms with Gasteiger partial charge in [-0.05, 0) is 19.9 Å². The van der Waals surface area contributed by atoms with Crippen molar-refractivity contribution in [3.8, 4) is 5.75 Å². The van der Waals surface area contributed by atoms with Gasteiger partial charge in [0.05, 0.1) is 18.6 Å². The number of rotatable bonds is 6. The number of hydrogen-bond acceptors (Lipinski definition) is 6. The van der Waals surface area contributed by atoms with Crippen molar-refractivity contribution in [3.05, 3.63) is 28.3 Å². The van der Waals surface area contributed by atoms with Gasteiger partial charge in [0, 0.05) is 6.07 Å². The number of ether oxygens (including phenoxy) is 2. The molecule has 0 amide bonds. The van der Waals surface area contributed by atoms with Crippen LogP contribution < -0.4 is 10.1 Å². The van der Waals surface area contributed by atoms with E-state index in [0.29, 0.717) is 5.75 Å². The number of nitro benzene ring substituents is 1. The average Bonchev–Trinajstić information content (AvgIpc) is 2.38. The van der Waals surface area contributed by atoms with Crippen LogP contribution in [0.4, 0.5) is 11.4 Å². The summed E-state index contributed by atoms with van der Waals surface area (Å²) in [6, 6.07) is 3.71. The van der Waals surface area contributed by atoms with Crippen molar-refractivity contribution in [3.63, 3.8) is 0 Å². The highest BCUT2D eigenvalue weighted by Gasteiger charge is 2.23. The molecule has 1 aromatic carbocycles. The highest BCUT2D eigenvalue weighted by atomic mass is 16.6. The molecular weight excluding hydrogens is 252 g/mol. The van der Waals surface area contributed by atoms with Crippen LogP contribution in [0.25, 0.3) is 0 Å². The van der Waals surface area contributed by atoms with Crippen molar-refractivity contribution >= 4 is 17.3 Å². The van der Waals surface area contributed by atoms with Crippen molar-refractivity contribution in [2.45, 2.75) is 19.9 Å². The number of carbonyl (C=O) groups excluding carboxylic acids is 1. The number of nitro groups is 1. The summed E-state index contributed by atoms with van der Waals surface area (Å²) in [7, 11) is 1.40. The van der Waals surface area contributed by atoms with Gasteiger partial charge in [0.1, 0.15) is 11.8 Å². The number of benzene rings is 1. The summed E-state index contributed by atoms with van der Waals surface area (Å²) in [5.41, 5.74) is 0.00560. The van der Waals surface area contributed by atoms with Gasteiger partial charge in [-0.1, -0.05) is 6.07 Å². The monoisotopic (exact) mass is 268 g/mol. The average molecular weight is 268 g/mol. The number of nitrogens with one attached hydrogen (secondary N) is 1. The number of carbonyl (C=O) groups is 1. The molecule has 0 aliphatic carbocycles. The minimum absolute atomic E-state index is 0.157. The van der Waals surface area contributed by atoms with Crippen LogP contribution in [0.3, 0.4) is 0 Å². The molecule has 0 bridgehead atoms. The normalized spacial score (nSPS) is 11.5. The molecule has 0 saturated heterocycles. The number of anilines is 1. The minimum atomic E-state index is -0.713. The highest BCUT2D eigenvalue weighted by molar-refractivity contribution is 5.82. The Hall–Kier alpha value is -2.31. The molecule has 0 aromatic heterocycles. The topological polar surface area (TPSA) is 90.7 Å². The maximum Gasteiger partial charge on any atom is 0.328 e. The molecule has 0 radical (unpaired) electrons. The number of nitrogens with zero attached hydrogens (tertiary/aromatic N) is 1. The maximum atomic E-state index is 11.5. The van der Waals surface area contributed by atoms with Gasteiger partial charge < -0.3 is 14.8 Å². The van der Waals surface area contributed by atoms with Crippen LogP contribution >= 0.6 is 0 Å². The first-order chi connectivity index (χ1) is 9.01. The molecular formula is C12H16N2O5. The lowest BCUT2D eigenvalue weighted by Crippen LogP contribution is -2.28. The Morgan fingerprint density at radius 3 is 2.74 bits per heavy atom. The molecule has 0 aliphatic heterocycles. The van der Waals surface area contributed by atoms with Gasteiger partial charge in [0.15, 0.2) is 5.69 Å². The van der Waals surface area contributed by atoms with Gasteiger partial charge in [-0.2, -0.15) is 0 Å². The Balaban J connectivity index is 3.04. The van der Waals surface area contributed by atoms with E-state index in [-0.39, 0.29) is 18.0 Å². The van der Waals surface area contributed by atoms with Crippen LogP contribution in [-0.2, 0) is 9.53 Å². The maximum absolute atomic E-state index is 11.5. The molecule has 0 spiro atoms. The molecule has 19 heavy (non-hydrogen) atoms. The fraction of sp³-hybridized carbons (Fsp3) is 0.417. The summed E-state index contributed by atoms with van der Waals surface area (Å²) in [6.45, 7) is 3.50. The van der Waals surface area contributed by atoms with E-state index in [1.165, 1.54) is 19.2 Å². The lowest BCUT2D eigenvalue weighted by molar-refractivity contribution is -0.384. The highest BCUT2D eigenvalue weighted by Crippen LogP contribution is 2.34. The van der Waals surface area contributed by atoms with E-state index >= 15 is 0 Å². The van der Waals surface area contributed by atoms with Crippen molar-refractivity contribution in [2.24, 2.45) is 0 Å². The van der Waals surface area contributed by atoms with Crippen LogP contribution in [0.1, 0.15) is 13.8 Å². The Morgan fingerprint density at radius 1 is 1.53 bits per heavy atom. The standard InChI is InChI=1S/C12H16N2O5/c1-4-19-12(15)8(2)13-11-9(14(16)17)6-5-7-10(11)18-3/h5-8,13H,4H2,1-3H3/t8-/m1/s1. The van der Waals surface area contributed by atoms with Gasteiger partial charge in [0.2, 0.25) is 0 Å². The first kappa shape index (κ1) is 14.7. The number of hydrogen-bond donors (Lipinski definition) is 1. The number of methoxy groups -OCH3 is 1. The minimum Gasteiger partial charge on any atom is -0.494 e. The largest absolute Gasteiger partial charge is 0.494 e. The predicted octanol–water partition coefficient (Wildman–Crippen LogP) is 1.97. The summed E-state index contributed by atoms with van der Waals surface area (Å²) in [5, 5.41) is 13.7. The first-order valence-corrected chi connectivity index (χ1v) is 5.75. The molecule has 1 N–H and O–H groups in total. The van der Waals surface area contributed by atoms with Crippen LogP contribution in [0.2, 0.25) is 0 Å². The molecule has 0 saturated carbocycles. The van der Waals surface area contributed by atoms with E-state index in [4.69, 9.17) is 9.47 Å². The Morgan fingerprint density at radius 2 is 2.21 bits per heavy atom. The summed E-state index contributed by atoms with van der Waals surface area (Å²) < 4.78 is 9.90. The van der Waals surface area contributed by atoms with E-state index in [2.05, 4.69) is 5.32 Å². The summed E-state index contributed by atoms with van der Waals surface area (Å²) in [5.74, 6) is -0.187. The molecule has 0 aliphatic rings. The summed E-state index contributed by atoms with van der Waals surface area (Å²) >= 11 is 0. The zero-order valence-electron chi connectivity index (χ0n) is 11.0. The third kappa shape index (κ3) is 3.57. The van der Waals surface area contributed by atoms with Crippen molar-refractivity contribution < 1.29 is 19.2 Å². The molecule has 7 heteroatoms. The zero-order valence-corrected chi connectivity index (χ0v) is 11.0. The molecule has 0 heterocycles. The molecule has 1 atom stereocenters. The first-order valence-electron chi connectivity index (χ1n) is 5.75. The second kappa shape index (κ2) is 6.58. The van der Waals surface area contributed by atoms with Crippen LogP contribution in [0.5, 0.6) is 5.75 Å². The van der Waals surface area contributed by atoms with Crippen molar-refractivity contribution in [1.29, 1.82) is 0 Å². The number of para-hydroxylation sites is 1. The summed E-state index contributed by atoms with van der Waals surface area (Å²) in [4.78, 5) is 22.0. The molecule has 0 fully saturated rings. The van der Waals surface area contributed by atoms with Gasteiger partial charge in [-0.25, -0.2) is 4.79 Å². The third-order valence-corrected chi connectivity index (χ3v) is 2.42. The van der Waals surface area contributed by atoms with Gasteiger partial charge in [-0.15, -0.1) is 0 Å². The second-order valence-electron chi connectivity index (χ2n) is 3.73. The van der Waals surface area contributed by atoms with Gasteiger partial charge in [-0.3, -0.25) is 10.1 Å². The SMILES string of the molecule is CCOC(=O)[C@@H](C)Nc1c(OC)cccc1[N+](=O)[O-]. The lowest BCUT2D eigenvalue weighted by atomic mass is 10.2. The van der Waals surface area contributed by atoms with Crippen LogP contribution in [0.15, 0.2) is 18.2 Å². The van der Waals surface area contributed by atoms with Crippen LogP contribution in [-0.4, -0.2) is 30.7 Å². The third-order valence-electron chi connectivity index (χ3n) is 2.42. The van der Waals surface area contributed by atoms with Gasteiger partial charge >= 0.3 is 5.97 Å². The van der Waals surface area contributed by atoms with Crippen LogP contribution in [0, 0.1) is 10.1 Å². The van der Waals surface area contributed by atoms with E-state index < -0.39 is 16.9 Å². The Labute approximate surface area is 110 Å². The van der Waals surface area contributed by atoms with Crippen molar-refractivity contribution in [2.75, 3.05) is 19.0 Å². The van der Waals surface area contributed by atoms with E-state index in [1.807, 2.05) is 0 Å². The molecule has 104 valence electrons. The smallest absolute Gasteiger partial charge is 0.328 e. The van der Waals surface area contributed by atoms with E-state index in [0.717, 1.165) is 0 Å². The van der Waals surface area contributed by atoms with Crippen molar-refractivity contribution in [1.82, 2.24) is 0 Å².